The van der Waals surface area contributed by atoms with Gasteiger partial charge in [0.15, 0.2) is 11.5 Å². The monoisotopic (exact) mass is 350 g/mol. The minimum Gasteiger partial charge on any atom is -0.478 e. The first-order valence-corrected chi connectivity index (χ1v) is 7.64. The molecular weight excluding hydrogens is 336 g/mol. The number of carbonyl (C=O) groups is 2. The normalized spacial score (nSPS) is 10.2. The number of carboxylic acid groups (broad SMARTS) is 2. The quantitative estimate of drug-likeness (QED) is 0.671. The molecule has 0 unspecified atom stereocenters. The second kappa shape index (κ2) is 7.40. The van der Waals surface area contributed by atoms with E-state index >= 15 is 0 Å². The van der Waals surface area contributed by atoms with Crippen molar-refractivity contribution in [3.63, 3.8) is 0 Å². The van der Waals surface area contributed by atoms with E-state index in [1.165, 1.54) is 24.3 Å². The highest BCUT2D eigenvalue weighted by molar-refractivity contribution is 5.88. The summed E-state index contributed by atoms with van der Waals surface area (Å²) < 4.78 is 11.5. The zero-order valence-corrected chi connectivity index (χ0v) is 13.5. The van der Waals surface area contributed by atoms with Gasteiger partial charge in [-0.25, -0.2) is 9.59 Å². The average molecular weight is 350 g/mol. The van der Waals surface area contributed by atoms with Crippen LogP contribution in [0.4, 0.5) is 0 Å². The zero-order valence-electron chi connectivity index (χ0n) is 13.5. The predicted molar refractivity (Wildman–Crippen MR) is 93.4 cm³/mol. The molecular formula is C20H14O6. The Morgan fingerprint density at radius 2 is 0.923 bits per heavy atom. The van der Waals surface area contributed by atoms with Crippen molar-refractivity contribution in [1.82, 2.24) is 0 Å². The standard InChI is InChI=1S/C20H14O6/c21-19(22)13-5-9-15(10-6-13)25-17-3-1-2-4-18(17)26-16-11-7-14(8-12-16)20(23)24/h1-12H,(H,21,22)(H,23,24). The Bertz CT molecular complexity index is 851. The largest absolute Gasteiger partial charge is 0.478 e. The van der Waals surface area contributed by atoms with E-state index in [1.807, 2.05) is 0 Å². The lowest BCUT2D eigenvalue weighted by Gasteiger charge is -2.12. The van der Waals surface area contributed by atoms with E-state index < -0.39 is 11.9 Å². The molecule has 2 N–H and O–H groups in total. The number of ether oxygens (including phenoxy) is 2. The molecule has 3 rings (SSSR count). The Hall–Kier alpha value is -3.80. The van der Waals surface area contributed by atoms with Crippen molar-refractivity contribution in [3.05, 3.63) is 83.9 Å². The molecule has 3 aromatic rings. The number of hydrogen-bond donors (Lipinski definition) is 2. The van der Waals surface area contributed by atoms with Crippen LogP contribution in [0.25, 0.3) is 0 Å². The second-order valence-electron chi connectivity index (χ2n) is 5.31. The maximum Gasteiger partial charge on any atom is 0.335 e. The third-order valence-corrected chi connectivity index (χ3v) is 3.51. The Balaban J connectivity index is 1.79. The van der Waals surface area contributed by atoms with Crippen LogP contribution in [0.3, 0.4) is 0 Å². The molecule has 0 atom stereocenters. The van der Waals surface area contributed by atoms with E-state index in [2.05, 4.69) is 0 Å². The summed E-state index contributed by atoms with van der Waals surface area (Å²) in [5.74, 6) is -0.203. The third kappa shape index (κ3) is 3.99. The van der Waals surface area contributed by atoms with Crippen LogP contribution >= 0.6 is 0 Å². The van der Waals surface area contributed by atoms with Crippen LogP contribution < -0.4 is 9.47 Å². The Morgan fingerprint density at radius 3 is 1.23 bits per heavy atom. The number of rotatable bonds is 6. The number of hydrogen-bond acceptors (Lipinski definition) is 4. The first-order chi connectivity index (χ1) is 12.5. The summed E-state index contributed by atoms with van der Waals surface area (Å²) in [4.78, 5) is 21.8. The van der Waals surface area contributed by atoms with Crippen LogP contribution in [0.2, 0.25) is 0 Å². The van der Waals surface area contributed by atoms with Gasteiger partial charge >= 0.3 is 11.9 Å². The molecule has 0 aliphatic rings. The first-order valence-electron chi connectivity index (χ1n) is 7.64. The molecule has 0 bridgehead atoms. The Labute approximate surface area is 148 Å². The molecule has 0 amide bonds. The van der Waals surface area contributed by atoms with Gasteiger partial charge in [0.05, 0.1) is 11.1 Å². The van der Waals surface area contributed by atoms with E-state index in [0.29, 0.717) is 23.0 Å². The molecule has 130 valence electrons. The Morgan fingerprint density at radius 1 is 0.577 bits per heavy atom. The van der Waals surface area contributed by atoms with Crippen molar-refractivity contribution in [1.29, 1.82) is 0 Å². The summed E-state index contributed by atoms with van der Waals surface area (Å²) in [6, 6.07) is 19.0. The van der Waals surface area contributed by atoms with E-state index in [1.54, 1.807) is 48.5 Å². The molecule has 0 aliphatic carbocycles. The highest BCUT2D eigenvalue weighted by atomic mass is 16.5. The number of para-hydroxylation sites is 2. The zero-order chi connectivity index (χ0) is 18.5. The maximum absolute atomic E-state index is 10.9. The number of aromatic carboxylic acids is 2. The number of carboxylic acids is 2. The molecule has 0 heterocycles. The lowest BCUT2D eigenvalue weighted by molar-refractivity contribution is 0.0686. The highest BCUT2D eigenvalue weighted by Crippen LogP contribution is 2.34. The summed E-state index contributed by atoms with van der Waals surface area (Å²) in [6.45, 7) is 0. The van der Waals surface area contributed by atoms with Gasteiger partial charge in [-0.05, 0) is 60.7 Å². The molecule has 0 aliphatic heterocycles. The van der Waals surface area contributed by atoms with Gasteiger partial charge in [-0.1, -0.05) is 12.1 Å². The fourth-order valence-corrected chi connectivity index (χ4v) is 2.20. The van der Waals surface area contributed by atoms with Gasteiger partial charge < -0.3 is 19.7 Å². The van der Waals surface area contributed by atoms with Crippen molar-refractivity contribution in [2.45, 2.75) is 0 Å². The number of benzene rings is 3. The third-order valence-electron chi connectivity index (χ3n) is 3.51. The predicted octanol–water partition coefficient (Wildman–Crippen LogP) is 4.67. The van der Waals surface area contributed by atoms with Crippen LogP contribution in [0.15, 0.2) is 72.8 Å². The molecule has 0 saturated heterocycles. The summed E-state index contributed by atoms with van der Waals surface area (Å²) >= 11 is 0. The summed E-state index contributed by atoms with van der Waals surface area (Å²) in [5.41, 5.74) is 0.334. The highest BCUT2D eigenvalue weighted by Gasteiger charge is 2.09. The van der Waals surface area contributed by atoms with Gasteiger partial charge in [0.25, 0.3) is 0 Å². The van der Waals surface area contributed by atoms with E-state index in [4.69, 9.17) is 19.7 Å². The molecule has 0 saturated carbocycles. The minimum atomic E-state index is -1.01. The summed E-state index contributed by atoms with van der Waals surface area (Å²) in [6.07, 6.45) is 0. The van der Waals surface area contributed by atoms with Crippen LogP contribution in [-0.2, 0) is 0 Å². The molecule has 26 heavy (non-hydrogen) atoms. The molecule has 6 nitrogen and oxygen atoms in total. The smallest absolute Gasteiger partial charge is 0.335 e. The van der Waals surface area contributed by atoms with Crippen LogP contribution in [0.1, 0.15) is 20.7 Å². The van der Waals surface area contributed by atoms with Gasteiger partial charge in [-0.3, -0.25) is 0 Å². The molecule has 0 fully saturated rings. The second-order valence-corrected chi connectivity index (χ2v) is 5.31. The minimum absolute atomic E-state index is 0.167. The van der Waals surface area contributed by atoms with E-state index in [0.717, 1.165) is 0 Å². The fraction of sp³-hybridized carbons (Fsp3) is 0. The SMILES string of the molecule is O=C(O)c1ccc(Oc2ccccc2Oc2ccc(C(=O)O)cc2)cc1. The Kier molecular flexibility index (Phi) is 4.85. The molecule has 0 radical (unpaired) electrons. The topological polar surface area (TPSA) is 93.1 Å². The van der Waals surface area contributed by atoms with Gasteiger partial charge in [-0.2, -0.15) is 0 Å². The van der Waals surface area contributed by atoms with Crippen molar-refractivity contribution >= 4 is 11.9 Å². The average Bonchev–Trinajstić information content (AvgIpc) is 2.64. The van der Waals surface area contributed by atoms with Crippen LogP contribution in [0, 0.1) is 0 Å². The van der Waals surface area contributed by atoms with Crippen molar-refractivity contribution < 1.29 is 29.3 Å². The van der Waals surface area contributed by atoms with Crippen LogP contribution in [0.5, 0.6) is 23.0 Å². The molecule has 3 aromatic carbocycles. The van der Waals surface area contributed by atoms with Gasteiger partial charge in [0.1, 0.15) is 11.5 Å². The summed E-state index contributed by atoms with van der Waals surface area (Å²) in [7, 11) is 0. The molecule has 0 spiro atoms. The van der Waals surface area contributed by atoms with Crippen LogP contribution in [-0.4, -0.2) is 22.2 Å². The van der Waals surface area contributed by atoms with Crippen molar-refractivity contribution in [2.75, 3.05) is 0 Å². The van der Waals surface area contributed by atoms with Gasteiger partial charge in [-0.15, -0.1) is 0 Å². The van der Waals surface area contributed by atoms with Gasteiger partial charge in [0, 0.05) is 0 Å². The maximum atomic E-state index is 10.9. The first kappa shape index (κ1) is 17.0. The van der Waals surface area contributed by atoms with Crippen molar-refractivity contribution in [2.24, 2.45) is 0 Å². The molecule has 0 aromatic heterocycles. The van der Waals surface area contributed by atoms with Crippen molar-refractivity contribution in [3.8, 4) is 23.0 Å². The van der Waals surface area contributed by atoms with E-state index in [-0.39, 0.29) is 11.1 Å². The fourth-order valence-electron chi connectivity index (χ4n) is 2.20. The molecule has 6 heteroatoms. The lowest BCUT2D eigenvalue weighted by Crippen LogP contribution is -1.96. The van der Waals surface area contributed by atoms with Gasteiger partial charge in [0.2, 0.25) is 0 Å². The van der Waals surface area contributed by atoms with E-state index in [9.17, 15) is 9.59 Å². The summed E-state index contributed by atoms with van der Waals surface area (Å²) in [5, 5.41) is 17.9. The lowest BCUT2D eigenvalue weighted by atomic mass is 10.2.